The van der Waals surface area contributed by atoms with Gasteiger partial charge in [-0.25, -0.2) is 4.98 Å². The number of rotatable bonds is 5. The minimum atomic E-state index is 0.0145. The molecule has 6 nitrogen and oxygen atoms in total. The van der Waals surface area contributed by atoms with E-state index in [9.17, 15) is 0 Å². The van der Waals surface area contributed by atoms with Gasteiger partial charge in [0.1, 0.15) is 0 Å². The molecule has 0 bridgehead atoms. The zero-order valence-electron chi connectivity index (χ0n) is 11.1. The first-order valence-electron chi connectivity index (χ1n) is 6.09. The van der Waals surface area contributed by atoms with Gasteiger partial charge in [0, 0.05) is 23.2 Å². The summed E-state index contributed by atoms with van der Waals surface area (Å²) in [6.45, 7) is 2.75. The molecular weight excluding hydrogens is 272 g/mol. The normalized spacial score (nSPS) is 10.7. The molecular formula is C13H16N6S. The molecule has 0 aliphatic carbocycles. The van der Waals surface area contributed by atoms with Crippen LogP contribution in [-0.4, -0.2) is 23.8 Å². The average Bonchev–Trinajstić information content (AvgIpc) is 2.87. The number of aromatic nitrogens is 1. The zero-order valence-corrected chi connectivity index (χ0v) is 11.9. The third-order valence-electron chi connectivity index (χ3n) is 2.40. The summed E-state index contributed by atoms with van der Waals surface area (Å²) >= 11 is 1.40. The fraction of sp³-hybridized carbons (Fsp3) is 0.154. The highest BCUT2D eigenvalue weighted by Crippen LogP contribution is 2.27. The minimum absolute atomic E-state index is 0.0145. The molecule has 20 heavy (non-hydrogen) atoms. The van der Waals surface area contributed by atoms with Gasteiger partial charge in [-0.3, -0.25) is 4.99 Å². The number of nitrogens with zero attached hydrogens (tertiary/aromatic N) is 3. The number of thiazole rings is 1. The van der Waals surface area contributed by atoms with Crippen molar-refractivity contribution in [2.45, 2.75) is 6.92 Å². The predicted octanol–water partition coefficient (Wildman–Crippen LogP) is 2.18. The topological polar surface area (TPSA) is 102 Å². The zero-order chi connectivity index (χ0) is 14.4. The van der Waals surface area contributed by atoms with Crippen LogP contribution in [0, 0.1) is 0 Å². The molecule has 0 fully saturated rings. The van der Waals surface area contributed by atoms with Gasteiger partial charge >= 0.3 is 0 Å². The lowest BCUT2D eigenvalue weighted by atomic mass is 10.1. The maximum absolute atomic E-state index is 5.32. The maximum atomic E-state index is 5.32. The summed E-state index contributed by atoms with van der Waals surface area (Å²) in [5.41, 5.74) is 13.5. The van der Waals surface area contributed by atoms with Crippen LogP contribution < -0.4 is 16.8 Å². The molecule has 0 saturated heterocycles. The van der Waals surface area contributed by atoms with Crippen LogP contribution in [0.25, 0.3) is 11.3 Å². The summed E-state index contributed by atoms with van der Waals surface area (Å²) in [4.78, 5) is 12.4. The molecule has 0 aliphatic heterocycles. The first-order chi connectivity index (χ1) is 9.69. The average molecular weight is 288 g/mol. The van der Waals surface area contributed by atoms with Crippen molar-refractivity contribution in [3.05, 3.63) is 29.6 Å². The Bertz CT molecular complexity index is 610. The highest BCUT2D eigenvalue weighted by Gasteiger charge is 2.04. The van der Waals surface area contributed by atoms with Gasteiger partial charge in [0.2, 0.25) is 5.13 Å². The summed E-state index contributed by atoms with van der Waals surface area (Å²) < 4.78 is 0. The molecule has 0 atom stereocenters. The smallest absolute Gasteiger partial charge is 0.212 e. The second kappa shape index (κ2) is 6.67. The first kappa shape index (κ1) is 14.0. The van der Waals surface area contributed by atoms with E-state index in [0.29, 0.717) is 5.13 Å². The van der Waals surface area contributed by atoms with Gasteiger partial charge in [0.05, 0.1) is 12.0 Å². The van der Waals surface area contributed by atoms with Crippen LogP contribution in [0.15, 0.2) is 39.6 Å². The Morgan fingerprint density at radius 2 is 2.10 bits per heavy atom. The molecule has 0 saturated carbocycles. The summed E-state index contributed by atoms with van der Waals surface area (Å²) in [6.07, 6.45) is 1.69. The van der Waals surface area contributed by atoms with Crippen LogP contribution in [0.3, 0.4) is 0 Å². The van der Waals surface area contributed by atoms with Crippen LogP contribution in [0.1, 0.15) is 6.92 Å². The molecule has 104 valence electrons. The van der Waals surface area contributed by atoms with E-state index >= 15 is 0 Å². The van der Waals surface area contributed by atoms with E-state index in [1.807, 2.05) is 36.6 Å². The van der Waals surface area contributed by atoms with E-state index in [0.717, 1.165) is 23.5 Å². The molecule has 1 aromatic carbocycles. The van der Waals surface area contributed by atoms with Crippen molar-refractivity contribution < 1.29 is 0 Å². The molecule has 7 heteroatoms. The maximum Gasteiger partial charge on any atom is 0.212 e. The van der Waals surface area contributed by atoms with Crippen molar-refractivity contribution in [2.24, 2.45) is 21.5 Å². The lowest BCUT2D eigenvalue weighted by Crippen LogP contribution is -2.21. The standard InChI is InChI=1S/C13H16N6S/c1-2-16-8-17-10-5-3-9(4-6-10)11-7-20-13(18-11)19-12(14)15/h3-8H,2H2,1H3,(H,16,17)(H4,14,15,18,19). The van der Waals surface area contributed by atoms with Gasteiger partial charge in [-0.15, -0.1) is 11.3 Å². The Balaban J connectivity index is 2.11. The second-order valence-electron chi connectivity index (χ2n) is 3.90. The number of nitrogens with one attached hydrogen (secondary N) is 1. The fourth-order valence-electron chi connectivity index (χ4n) is 1.51. The van der Waals surface area contributed by atoms with E-state index in [-0.39, 0.29) is 5.96 Å². The van der Waals surface area contributed by atoms with E-state index in [1.165, 1.54) is 11.3 Å². The van der Waals surface area contributed by atoms with Gasteiger partial charge in [0.15, 0.2) is 5.96 Å². The Kier molecular flexibility index (Phi) is 4.67. The number of guanidine groups is 1. The summed E-state index contributed by atoms with van der Waals surface area (Å²) in [6, 6.07) is 7.90. The quantitative estimate of drug-likeness (QED) is 0.579. The van der Waals surface area contributed by atoms with E-state index in [4.69, 9.17) is 11.5 Å². The van der Waals surface area contributed by atoms with Crippen molar-refractivity contribution >= 4 is 34.5 Å². The summed E-state index contributed by atoms with van der Waals surface area (Å²) in [5.74, 6) is 0.0145. The van der Waals surface area contributed by atoms with Crippen LogP contribution in [0.2, 0.25) is 0 Å². The summed E-state index contributed by atoms with van der Waals surface area (Å²) in [7, 11) is 0. The largest absolute Gasteiger partial charge is 0.370 e. The van der Waals surface area contributed by atoms with Gasteiger partial charge in [-0.1, -0.05) is 12.1 Å². The molecule has 0 radical (unpaired) electrons. The fourth-order valence-corrected chi connectivity index (χ4v) is 2.22. The molecule has 0 spiro atoms. The van der Waals surface area contributed by atoms with Crippen molar-refractivity contribution in [2.75, 3.05) is 11.9 Å². The molecule has 0 aliphatic rings. The summed E-state index contributed by atoms with van der Waals surface area (Å²) in [5, 5.41) is 5.56. The first-order valence-corrected chi connectivity index (χ1v) is 6.97. The van der Waals surface area contributed by atoms with Crippen LogP contribution >= 0.6 is 11.3 Å². The Labute approximate surface area is 121 Å². The highest BCUT2D eigenvalue weighted by molar-refractivity contribution is 7.13. The predicted molar refractivity (Wildman–Crippen MR) is 85.7 cm³/mol. The van der Waals surface area contributed by atoms with Crippen molar-refractivity contribution in [3.63, 3.8) is 0 Å². The molecule has 0 unspecified atom stereocenters. The third-order valence-corrected chi connectivity index (χ3v) is 3.14. The van der Waals surface area contributed by atoms with Gasteiger partial charge in [-0.2, -0.15) is 4.99 Å². The molecule has 1 heterocycles. The SMILES string of the molecule is CCN=CNc1ccc(-c2csc(N=C(N)N)n2)cc1. The second-order valence-corrected chi connectivity index (χ2v) is 4.74. The molecule has 0 amide bonds. The number of benzene rings is 1. The van der Waals surface area contributed by atoms with Gasteiger partial charge in [0.25, 0.3) is 0 Å². The molecule has 5 N–H and O–H groups in total. The van der Waals surface area contributed by atoms with Crippen LogP contribution in [0.4, 0.5) is 10.8 Å². The van der Waals surface area contributed by atoms with Crippen LogP contribution in [-0.2, 0) is 0 Å². The number of anilines is 1. The molecule has 2 aromatic rings. The van der Waals surface area contributed by atoms with Gasteiger partial charge < -0.3 is 16.8 Å². The van der Waals surface area contributed by atoms with Crippen molar-refractivity contribution in [1.82, 2.24) is 4.98 Å². The Hall–Kier alpha value is -2.41. The minimum Gasteiger partial charge on any atom is -0.370 e. The highest BCUT2D eigenvalue weighted by atomic mass is 32.1. The number of aliphatic imine (C=N–C) groups is 2. The lowest BCUT2D eigenvalue weighted by Gasteiger charge is -2.01. The molecule has 2 rings (SSSR count). The third kappa shape index (κ3) is 3.79. The van der Waals surface area contributed by atoms with Gasteiger partial charge in [-0.05, 0) is 19.1 Å². The van der Waals surface area contributed by atoms with Crippen molar-refractivity contribution in [1.29, 1.82) is 0 Å². The van der Waals surface area contributed by atoms with Crippen LogP contribution in [0.5, 0.6) is 0 Å². The lowest BCUT2D eigenvalue weighted by molar-refractivity contribution is 1.14. The van der Waals surface area contributed by atoms with Crippen molar-refractivity contribution in [3.8, 4) is 11.3 Å². The van der Waals surface area contributed by atoms with E-state index < -0.39 is 0 Å². The Morgan fingerprint density at radius 3 is 2.75 bits per heavy atom. The number of hydrogen-bond acceptors (Lipinski definition) is 4. The van der Waals surface area contributed by atoms with E-state index in [2.05, 4.69) is 20.3 Å². The molecule has 1 aromatic heterocycles. The number of nitrogens with two attached hydrogens (primary N) is 2. The Morgan fingerprint density at radius 1 is 1.35 bits per heavy atom. The van der Waals surface area contributed by atoms with E-state index in [1.54, 1.807) is 6.34 Å². The monoisotopic (exact) mass is 288 g/mol. The number of hydrogen-bond donors (Lipinski definition) is 3.